The molecule has 0 amide bonds. The van der Waals surface area contributed by atoms with E-state index < -0.39 is 0 Å². The molecule has 0 aliphatic carbocycles. The lowest BCUT2D eigenvalue weighted by atomic mass is 9.89. The van der Waals surface area contributed by atoms with Gasteiger partial charge in [0.25, 0.3) is 0 Å². The fourth-order valence-electron chi connectivity index (χ4n) is 3.93. The third kappa shape index (κ3) is 2.65. The molecule has 0 saturated heterocycles. The van der Waals surface area contributed by atoms with Gasteiger partial charge in [-0.1, -0.05) is 88.7 Å². The van der Waals surface area contributed by atoms with Crippen molar-refractivity contribution in [2.24, 2.45) is 0 Å². The summed E-state index contributed by atoms with van der Waals surface area (Å²) < 4.78 is 0. The largest absolute Gasteiger partial charge is 0.263 e. The quantitative estimate of drug-likeness (QED) is 0.274. The highest BCUT2D eigenvalue weighted by atomic mass is 79.9. The number of hydrogen-bond acceptors (Lipinski definition) is 1. The summed E-state index contributed by atoms with van der Waals surface area (Å²) in [5, 5.41) is 7.40. The average molecular weight is 410 g/mol. The number of hydrogen-bond donors (Lipinski definition) is 0. The minimum atomic E-state index is 1.15. The van der Waals surface area contributed by atoms with Gasteiger partial charge in [-0.05, 0) is 49.1 Å². The van der Waals surface area contributed by atoms with Crippen LogP contribution < -0.4 is 0 Å². The molecule has 5 aromatic rings. The summed E-state index contributed by atoms with van der Waals surface area (Å²) in [4.78, 5) is 6.46. The van der Waals surface area contributed by atoms with E-state index in [9.17, 15) is 0 Å². The van der Waals surface area contributed by atoms with Gasteiger partial charge in [0.15, 0.2) is 0 Å². The lowest BCUT2D eigenvalue weighted by molar-refractivity contribution is 1.36. The summed E-state index contributed by atoms with van der Waals surface area (Å²) in [5.74, 6) is 0. The molecular formula is C25H16BrN. The zero-order chi connectivity index (χ0) is 18.2. The molecule has 5 rings (SSSR count). The summed E-state index contributed by atoms with van der Waals surface area (Å²) in [6.07, 6.45) is 6.03. The van der Waals surface area contributed by atoms with Gasteiger partial charge in [-0.3, -0.25) is 4.98 Å². The normalized spacial score (nSPS) is 11.7. The van der Waals surface area contributed by atoms with Gasteiger partial charge in [-0.25, -0.2) is 0 Å². The van der Waals surface area contributed by atoms with Crippen LogP contribution in [0.3, 0.4) is 0 Å². The second-order valence-corrected chi connectivity index (χ2v) is 7.14. The summed E-state index contributed by atoms with van der Waals surface area (Å²) in [6.45, 7) is 0. The molecule has 128 valence electrons. The molecule has 0 saturated carbocycles. The fraction of sp³-hybridized carbons (Fsp3) is 0. The number of rotatable bonds is 2. The highest BCUT2D eigenvalue weighted by Crippen LogP contribution is 2.40. The molecule has 0 bridgehead atoms. The maximum Gasteiger partial charge on any atom is 0.0353 e. The second kappa shape index (κ2) is 6.64. The van der Waals surface area contributed by atoms with Gasteiger partial charge in [-0.15, -0.1) is 0 Å². The molecule has 0 unspecified atom stereocenters. The Morgan fingerprint density at radius 3 is 2.22 bits per heavy atom. The Morgan fingerprint density at radius 1 is 0.667 bits per heavy atom. The Hall–Kier alpha value is -2.97. The molecule has 4 aromatic carbocycles. The van der Waals surface area contributed by atoms with Crippen LogP contribution in [0.25, 0.3) is 49.5 Å². The van der Waals surface area contributed by atoms with Gasteiger partial charge in [0.2, 0.25) is 0 Å². The van der Waals surface area contributed by atoms with Crippen LogP contribution in [-0.4, -0.2) is 4.98 Å². The highest BCUT2D eigenvalue weighted by Gasteiger charge is 2.14. The van der Waals surface area contributed by atoms with E-state index in [4.69, 9.17) is 0 Å². The predicted octanol–water partition coefficient (Wildman–Crippen LogP) is 7.57. The van der Waals surface area contributed by atoms with Crippen molar-refractivity contribution >= 4 is 54.3 Å². The van der Waals surface area contributed by atoms with Crippen molar-refractivity contribution in [1.82, 2.24) is 4.98 Å². The van der Waals surface area contributed by atoms with E-state index in [0.29, 0.717) is 0 Å². The molecule has 0 radical (unpaired) electrons. The van der Waals surface area contributed by atoms with Crippen LogP contribution in [0, 0.1) is 0 Å². The monoisotopic (exact) mass is 409 g/mol. The van der Waals surface area contributed by atoms with Crippen LogP contribution in [0.4, 0.5) is 0 Å². The van der Waals surface area contributed by atoms with Crippen molar-refractivity contribution in [3.05, 3.63) is 95.7 Å². The minimum Gasteiger partial charge on any atom is -0.263 e. The number of benzene rings is 4. The number of nitrogens with zero attached hydrogens (tertiary/aromatic N) is 1. The van der Waals surface area contributed by atoms with Crippen LogP contribution in [0.15, 0.2) is 90.2 Å². The molecule has 0 N–H and O–H groups in total. The van der Waals surface area contributed by atoms with Crippen molar-refractivity contribution in [1.29, 1.82) is 0 Å². The van der Waals surface area contributed by atoms with Crippen molar-refractivity contribution < 1.29 is 0 Å². The standard InChI is InChI=1S/C25H16BrN/c26-14-13-19-12-11-18-10-9-17-5-1-4-8-22(17)24(18)25(19)23-16-27-15-20-6-2-3-7-21(20)23/h1-16H/b14-13-. The van der Waals surface area contributed by atoms with E-state index >= 15 is 0 Å². The maximum atomic E-state index is 4.54. The molecule has 0 fully saturated rings. The maximum absolute atomic E-state index is 4.54. The molecule has 2 heteroatoms. The topological polar surface area (TPSA) is 12.9 Å². The molecule has 1 heterocycles. The summed E-state index contributed by atoms with van der Waals surface area (Å²) in [5.41, 5.74) is 3.56. The van der Waals surface area contributed by atoms with Gasteiger partial charge < -0.3 is 0 Å². The minimum absolute atomic E-state index is 1.15. The Labute approximate surface area is 166 Å². The Balaban J connectivity index is 2.03. The molecule has 0 spiro atoms. The van der Waals surface area contributed by atoms with Gasteiger partial charge in [0.05, 0.1) is 0 Å². The lowest BCUT2D eigenvalue weighted by Gasteiger charge is -2.15. The molecule has 0 atom stereocenters. The molecule has 0 aliphatic heterocycles. The molecule has 0 aliphatic rings. The molecule has 1 nitrogen and oxygen atoms in total. The van der Waals surface area contributed by atoms with Crippen LogP contribution in [0.5, 0.6) is 0 Å². The van der Waals surface area contributed by atoms with E-state index in [1.807, 2.05) is 17.4 Å². The van der Waals surface area contributed by atoms with E-state index in [2.05, 4.69) is 99.8 Å². The lowest BCUT2D eigenvalue weighted by Crippen LogP contribution is -1.91. The van der Waals surface area contributed by atoms with Gasteiger partial charge in [0.1, 0.15) is 0 Å². The first-order chi connectivity index (χ1) is 13.4. The van der Waals surface area contributed by atoms with Crippen molar-refractivity contribution in [2.45, 2.75) is 0 Å². The van der Waals surface area contributed by atoms with Crippen LogP contribution >= 0.6 is 15.9 Å². The van der Waals surface area contributed by atoms with Gasteiger partial charge in [-0.2, -0.15) is 0 Å². The van der Waals surface area contributed by atoms with Crippen LogP contribution in [0.1, 0.15) is 5.56 Å². The average Bonchev–Trinajstić information content (AvgIpc) is 2.73. The Morgan fingerprint density at radius 2 is 1.37 bits per heavy atom. The van der Waals surface area contributed by atoms with Crippen molar-refractivity contribution in [2.75, 3.05) is 0 Å². The summed E-state index contributed by atoms with van der Waals surface area (Å²) in [6, 6.07) is 25.8. The van der Waals surface area contributed by atoms with E-state index in [0.717, 1.165) is 10.9 Å². The van der Waals surface area contributed by atoms with E-state index in [1.165, 1.54) is 38.1 Å². The SMILES string of the molecule is Br/C=C\c1ccc2ccc3ccccc3c2c1-c1cncc2ccccc12. The first-order valence-corrected chi connectivity index (χ1v) is 9.83. The van der Waals surface area contributed by atoms with Crippen molar-refractivity contribution in [3.8, 4) is 11.1 Å². The zero-order valence-electron chi connectivity index (χ0n) is 14.6. The van der Waals surface area contributed by atoms with Gasteiger partial charge >= 0.3 is 0 Å². The second-order valence-electron chi connectivity index (χ2n) is 6.62. The van der Waals surface area contributed by atoms with Crippen molar-refractivity contribution in [3.63, 3.8) is 0 Å². The predicted molar refractivity (Wildman–Crippen MR) is 120 cm³/mol. The highest BCUT2D eigenvalue weighted by molar-refractivity contribution is 9.11. The van der Waals surface area contributed by atoms with E-state index in [-0.39, 0.29) is 0 Å². The van der Waals surface area contributed by atoms with Crippen LogP contribution in [0.2, 0.25) is 0 Å². The first kappa shape index (κ1) is 16.2. The van der Waals surface area contributed by atoms with Gasteiger partial charge in [0, 0.05) is 23.3 Å². The number of pyridine rings is 1. The Kier molecular flexibility index (Phi) is 3.99. The third-order valence-corrected chi connectivity index (χ3v) is 5.39. The zero-order valence-corrected chi connectivity index (χ0v) is 16.1. The number of halogens is 1. The third-order valence-electron chi connectivity index (χ3n) is 5.12. The molecular weight excluding hydrogens is 394 g/mol. The first-order valence-electron chi connectivity index (χ1n) is 8.91. The summed E-state index contributed by atoms with van der Waals surface area (Å²) in [7, 11) is 0. The Bertz CT molecular complexity index is 1330. The van der Waals surface area contributed by atoms with E-state index in [1.54, 1.807) is 0 Å². The number of fused-ring (bicyclic) bond motifs is 4. The number of aromatic nitrogens is 1. The smallest absolute Gasteiger partial charge is 0.0353 e. The van der Waals surface area contributed by atoms with Crippen LogP contribution in [-0.2, 0) is 0 Å². The summed E-state index contributed by atoms with van der Waals surface area (Å²) >= 11 is 3.46. The molecule has 1 aromatic heterocycles. The molecule has 27 heavy (non-hydrogen) atoms. The fourth-order valence-corrected chi connectivity index (χ4v) is 4.21.